The monoisotopic (exact) mass is 347 g/mol. The summed E-state index contributed by atoms with van der Waals surface area (Å²) in [6.45, 7) is 5.27. The van der Waals surface area contributed by atoms with Gasteiger partial charge in [-0.25, -0.2) is 5.01 Å². The van der Waals surface area contributed by atoms with E-state index in [0.29, 0.717) is 12.1 Å². The Bertz CT molecular complexity index is 535. The van der Waals surface area contributed by atoms with E-state index in [4.69, 9.17) is 10.6 Å². The van der Waals surface area contributed by atoms with Gasteiger partial charge in [0.25, 0.3) is 0 Å². The fraction of sp³-hybridized carbons (Fsp3) is 0.706. The number of hydrazine groups is 1. The minimum absolute atomic E-state index is 0.205. The Hall–Kier alpha value is -1.45. The molecule has 2 saturated heterocycles. The standard InChI is InChI=1S/C17H29N7O/c18-24-12-17(19-11-16(24)15-5-6-20-22-15)21-13-1-3-14(4-2-13)23-7-9-25-10-8-23/h1,3-4,6,13,15-17,19,21-22H,2,5,7-12,18H2/t13-,15-,16+,17-/m0/s1. The van der Waals surface area contributed by atoms with Crippen molar-refractivity contribution in [3.05, 3.63) is 23.9 Å². The number of hydrazone groups is 1. The lowest BCUT2D eigenvalue weighted by Gasteiger charge is -2.41. The van der Waals surface area contributed by atoms with E-state index in [1.807, 2.05) is 11.2 Å². The number of hydrogen-bond donors (Lipinski definition) is 4. The smallest absolute Gasteiger partial charge is 0.0722 e. The number of morpholine rings is 1. The first kappa shape index (κ1) is 17.0. The topological polar surface area (TPSA) is 90.2 Å². The van der Waals surface area contributed by atoms with Crippen molar-refractivity contribution in [1.29, 1.82) is 0 Å². The number of nitrogens with zero attached hydrogens (tertiary/aromatic N) is 3. The Morgan fingerprint density at radius 1 is 1.28 bits per heavy atom. The molecule has 0 radical (unpaired) electrons. The number of piperazine rings is 1. The normalized spacial score (nSPS) is 36.4. The predicted molar refractivity (Wildman–Crippen MR) is 97.7 cm³/mol. The third-order valence-electron chi connectivity index (χ3n) is 5.42. The molecule has 4 aliphatic rings. The average Bonchev–Trinajstić information content (AvgIpc) is 3.18. The summed E-state index contributed by atoms with van der Waals surface area (Å²) in [5.41, 5.74) is 4.47. The van der Waals surface area contributed by atoms with Crippen molar-refractivity contribution in [2.45, 2.75) is 37.1 Å². The molecule has 4 rings (SSSR count). The molecule has 1 aliphatic carbocycles. The van der Waals surface area contributed by atoms with E-state index < -0.39 is 0 Å². The van der Waals surface area contributed by atoms with Crippen molar-refractivity contribution >= 4 is 6.21 Å². The third kappa shape index (κ3) is 4.04. The number of hydrogen-bond acceptors (Lipinski definition) is 8. The van der Waals surface area contributed by atoms with Gasteiger partial charge < -0.3 is 15.1 Å². The molecule has 0 aromatic rings. The molecule has 3 heterocycles. The Labute approximate surface area is 149 Å². The second kappa shape index (κ2) is 7.84. The van der Waals surface area contributed by atoms with Crippen molar-refractivity contribution in [3.8, 4) is 0 Å². The van der Waals surface area contributed by atoms with Crippen LogP contribution < -0.4 is 21.9 Å². The lowest BCUT2D eigenvalue weighted by Crippen LogP contribution is -2.67. The van der Waals surface area contributed by atoms with E-state index in [9.17, 15) is 0 Å². The Kier molecular flexibility index (Phi) is 5.33. The SMILES string of the molecule is NN1C[C@H](N[C@H]2C=CC(N3CCOCC3)=CC2)NC[C@@H]1[C@@H]1CC=NN1. The van der Waals surface area contributed by atoms with Gasteiger partial charge in [0.2, 0.25) is 0 Å². The predicted octanol–water partition coefficient (Wildman–Crippen LogP) is -1.06. The summed E-state index contributed by atoms with van der Waals surface area (Å²) in [4.78, 5) is 2.40. The third-order valence-corrected chi connectivity index (χ3v) is 5.42. The van der Waals surface area contributed by atoms with Gasteiger partial charge in [0.05, 0.1) is 31.5 Å². The van der Waals surface area contributed by atoms with Gasteiger partial charge in [-0.15, -0.1) is 0 Å². The average molecular weight is 347 g/mol. The van der Waals surface area contributed by atoms with Gasteiger partial charge in [-0.05, 0) is 12.5 Å². The summed E-state index contributed by atoms with van der Waals surface area (Å²) >= 11 is 0. The summed E-state index contributed by atoms with van der Waals surface area (Å²) in [5, 5.41) is 13.3. The van der Waals surface area contributed by atoms with Crippen LogP contribution in [0.25, 0.3) is 0 Å². The van der Waals surface area contributed by atoms with Gasteiger partial charge in [0, 0.05) is 50.6 Å². The molecule has 0 amide bonds. The van der Waals surface area contributed by atoms with Crippen LogP contribution in [0.15, 0.2) is 29.0 Å². The Morgan fingerprint density at radius 3 is 2.84 bits per heavy atom. The van der Waals surface area contributed by atoms with E-state index in [0.717, 1.165) is 52.2 Å². The first-order valence-corrected chi connectivity index (χ1v) is 9.28. The maximum absolute atomic E-state index is 6.28. The van der Waals surface area contributed by atoms with E-state index in [1.165, 1.54) is 5.70 Å². The molecule has 2 fully saturated rings. The number of nitrogens with two attached hydrogens (primary N) is 1. The molecule has 0 bridgehead atoms. The Morgan fingerprint density at radius 2 is 2.16 bits per heavy atom. The zero-order chi connectivity index (χ0) is 17.1. The molecule has 0 spiro atoms. The van der Waals surface area contributed by atoms with Crippen LogP contribution in [0.5, 0.6) is 0 Å². The molecule has 138 valence electrons. The van der Waals surface area contributed by atoms with Gasteiger partial charge in [-0.1, -0.05) is 12.2 Å². The maximum atomic E-state index is 6.28. The van der Waals surface area contributed by atoms with Crippen LogP contribution in [0, 0.1) is 0 Å². The van der Waals surface area contributed by atoms with Crippen LogP contribution in [-0.4, -0.2) is 79.8 Å². The van der Waals surface area contributed by atoms with Crippen molar-refractivity contribution in [3.63, 3.8) is 0 Å². The zero-order valence-electron chi connectivity index (χ0n) is 14.6. The van der Waals surface area contributed by atoms with Crippen LogP contribution in [0.1, 0.15) is 12.8 Å². The van der Waals surface area contributed by atoms with Crippen molar-refractivity contribution < 1.29 is 4.74 Å². The second-order valence-corrected chi connectivity index (χ2v) is 7.10. The summed E-state index contributed by atoms with van der Waals surface area (Å²) in [5.74, 6) is 6.28. The molecule has 4 atom stereocenters. The summed E-state index contributed by atoms with van der Waals surface area (Å²) in [6.07, 6.45) is 10.9. The molecule has 0 unspecified atom stereocenters. The minimum Gasteiger partial charge on any atom is -0.378 e. The lowest BCUT2D eigenvalue weighted by atomic mass is 10.0. The van der Waals surface area contributed by atoms with Gasteiger partial charge in [0.15, 0.2) is 0 Å². The van der Waals surface area contributed by atoms with E-state index in [-0.39, 0.29) is 12.2 Å². The van der Waals surface area contributed by atoms with Crippen LogP contribution in [-0.2, 0) is 4.74 Å². The highest BCUT2D eigenvalue weighted by Crippen LogP contribution is 2.17. The molecule has 5 N–H and O–H groups in total. The van der Waals surface area contributed by atoms with Gasteiger partial charge in [0.1, 0.15) is 0 Å². The fourth-order valence-corrected chi connectivity index (χ4v) is 3.93. The van der Waals surface area contributed by atoms with Gasteiger partial charge in [-0.3, -0.25) is 16.5 Å². The molecular weight excluding hydrogens is 318 g/mol. The highest BCUT2D eigenvalue weighted by molar-refractivity contribution is 5.60. The van der Waals surface area contributed by atoms with Crippen molar-refractivity contribution in [2.75, 3.05) is 39.4 Å². The van der Waals surface area contributed by atoms with E-state index >= 15 is 0 Å². The molecule has 25 heavy (non-hydrogen) atoms. The quantitative estimate of drug-likeness (QED) is 0.482. The molecule has 8 heteroatoms. The molecule has 8 nitrogen and oxygen atoms in total. The van der Waals surface area contributed by atoms with Crippen LogP contribution >= 0.6 is 0 Å². The molecule has 0 aromatic carbocycles. The van der Waals surface area contributed by atoms with E-state index in [1.54, 1.807) is 0 Å². The number of ether oxygens (including phenoxy) is 1. The zero-order valence-corrected chi connectivity index (χ0v) is 14.6. The van der Waals surface area contributed by atoms with Crippen molar-refractivity contribution in [2.24, 2.45) is 10.9 Å². The maximum Gasteiger partial charge on any atom is 0.0722 e. The number of allylic oxidation sites excluding steroid dienone is 1. The molecule has 3 aliphatic heterocycles. The minimum atomic E-state index is 0.205. The van der Waals surface area contributed by atoms with Gasteiger partial charge in [-0.2, -0.15) is 5.10 Å². The summed E-state index contributed by atoms with van der Waals surface area (Å²) < 4.78 is 5.43. The van der Waals surface area contributed by atoms with Crippen molar-refractivity contribution in [1.82, 2.24) is 26.0 Å². The molecule has 0 aromatic heterocycles. The van der Waals surface area contributed by atoms with Crippen LogP contribution in [0.2, 0.25) is 0 Å². The first-order chi connectivity index (χ1) is 12.3. The largest absolute Gasteiger partial charge is 0.378 e. The van der Waals surface area contributed by atoms with E-state index in [2.05, 4.69) is 44.3 Å². The highest BCUT2D eigenvalue weighted by Gasteiger charge is 2.33. The van der Waals surface area contributed by atoms with Crippen LogP contribution in [0.4, 0.5) is 0 Å². The Balaban J connectivity index is 1.24. The molecule has 0 saturated carbocycles. The summed E-state index contributed by atoms with van der Waals surface area (Å²) in [6, 6.07) is 0.933. The highest BCUT2D eigenvalue weighted by atomic mass is 16.5. The van der Waals surface area contributed by atoms with Gasteiger partial charge >= 0.3 is 0 Å². The first-order valence-electron chi connectivity index (χ1n) is 9.28. The number of nitrogens with one attached hydrogen (secondary N) is 3. The second-order valence-electron chi connectivity index (χ2n) is 7.10. The number of rotatable bonds is 4. The summed E-state index contributed by atoms with van der Waals surface area (Å²) in [7, 11) is 0. The molecular formula is C17H29N7O. The fourth-order valence-electron chi connectivity index (χ4n) is 3.93. The van der Waals surface area contributed by atoms with Crippen LogP contribution in [0.3, 0.4) is 0 Å². The lowest BCUT2D eigenvalue weighted by molar-refractivity contribution is 0.0550.